The van der Waals surface area contributed by atoms with Crippen LogP contribution >= 0.6 is 11.3 Å². The Morgan fingerprint density at radius 1 is 1.00 bits per heavy atom. The molecule has 0 fully saturated rings. The number of aliphatic carboxylic acids is 1. The number of nitrogens with zero attached hydrogens (tertiary/aromatic N) is 1. The average Bonchev–Trinajstić information content (AvgIpc) is 3.07. The highest BCUT2D eigenvalue weighted by Crippen LogP contribution is 2.25. The number of fused-ring (bicyclic) bond motifs is 1. The van der Waals surface area contributed by atoms with E-state index in [1.807, 2.05) is 42.5 Å². The number of hydrogen-bond donors (Lipinski definition) is 2. The molecular weight excluding hydrogens is 342 g/mol. The van der Waals surface area contributed by atoms with Crippen molar-refractivity contribution in [2.45, 2.75) is 0 Å². The van der Waals surface area contributed by atoms with E-state index in [0.717, 1.165) is 27.9 Å². The minimum atomic E-state index is -1.30. The van der Waals surface area contributed by atoms with Gasteiger partial charge in [0, 0.05) is 0 Å². The molecule has 2 N–H and O–H groups in total. The Bertz CT molecular complexity index is 918. The van der Waals surface area contributed by atoms with Crippen molar-refractivity contribution in [1.29, 1.82) is 0 Å². The number of carbonyl (C=O) groups is 1. The summed E-state index contributed by atoms with van der Waals surface area (Å²) < 4.78 is 11.2. The summed E-state index contributed by atoms with van der Waals surface area (Å²) >= 11 is 1.09. The maximum absolute atomic E-state index is 10.9. The van der Waals surface area contributed by atoms with Gasteiger partial charge in [-0.05, 0) is 35.0 Å². The second-order valence-corrected chi connectivity index (χ2v) is 6.12. The number of ether oxygens (including phenoxy) is 2. The van der Waals surface area contributed by atoms with Gasteiger partial charge >= 0.3 is 5.97 Å². The predicted molar refractivity (Wildman–Crippen MR) is 95.2 cm³/mol. The van der Waals surface area contributed by atoms with Crippen LogP contribution in [0.5, 0.6) is 10.8 Å². The van der Waals surface area contributed by atoms with E-state index in [0.29, 0.717) is 23.2 Å². The number of carboxylic acid groups (broad SMARTS) is 1. The lowest BCUT2D eigenvalue weighted by molar-refractivity contribution is -0.129. The van der Waals surface area contributed by atoms with Crippen molar-refractivity contribution in [2.75, 3.05) is 13.2 Å². The second-order valence-electron chi connectivity index (χ2n) is 5.08. The van der Waals surface area contributed by atoms with Crippen LogP contribution in [0.15, 0.2) is 59.8 Å². The van der Waals surface area contributed by atoms with Crippen molar-refractivity contribution in [3.63, 3.8) is 0 Å². The van der Waals surface area contributed by atoms with Crippen molar-refractivity contribution in [3.05, 3.63) is 59.5 Å². The van der Waals surface area contributed by atoms with Crippen LogP contribution in [0.1, 0.15) is 4.88 Å². The highest BCUT2D eigenvalue weighted by atomic mass is 32.1. The molecule has 3 rings (SSSR count). The first-order valence-corrected chi connectivity index (χ1v) is 8.29. The normalized spacial score (nSPS) is 11.4. The Hall–Kier alpha value is -3.06. The molecule has 0 aliphatic rings. The molecule has 0 radical (unpaired) electrons. The van der Waals surface area contributed by atoms with E-state index in [4.69, 9.17) is 19.8 Å². The molecule has 25 heavy (non-hydrogen) atoms. The standard InChI is InChI=1S/C18H15NO5S/c20-18(21)17(19-22)15-7-8-16(25-15)24-10-9-23-14-6-5-12-3-1-2-4-13(12)11-14/h1-8,11,22H,9-10H2,(H,20,21). The van der Waals surface area contributed by atoms with Crippen molar-refractivity contribution in [1.82, 2.24) is 0 Å². The van der Waals surface area contributed by atoms with Crippen LogP contribution in [0.3, 0.4) is 0 Å². The lowest BCUT2D eigenvalue weighted by Gasteiger charge is -2.08. The molecule has 128 valence electrons. The molecule has 1 aromatic heterocycles. The van der Waals surface area contributed by atoms with Gasteiger partial charge in [0.15, 0.2) is 5.06 Å². The van der Waals surface area contributed by atoms with E-state index in [9.17, 15) is 4.79 Å². The lowest BCUT2D eigenvalue weighted by Crippen LogP contribution is -2.12. The van der Waals surface area contributed by atoms with Crippen molar-refractivity contribution in [2.24, 2.45) is 5.16 Å². The molecule has 2 aromatic carbocycles. The van der Waals surface area contributed by atoms with Crippen LogP contribution < -0.4 is 9.47 Å². The summed E-state index contributed by atoms with van der Waals surface area (Å²) in [5.74, 6) is -0.537. The molecule has 0 bridgehead atoms. The van der Waals surface area contributed by atoms with Crippen LogP contribution in [-0.2, 0) is 4.79 Å². The monoisotopic (exact) mass is 357 g/mol. The van der Waals surface area contributed by atoms with Gasteiger partial charge in [0.05, 0.1) is 4.88 Å². The Balaban J connectivity index is 1.53. The molecule has 0 spiro atoms. The Labute approximate surface area is 147 Å². The van der Waals surface area contributed by atoms with Gasteiger partial charge in [0.1, 0.15) is 19.0 Å². The molecule has 3 aromatic rings. The van der Waals surface area contributed by atoms with Gasteiger partial charge in [-0.15, -0.1) is 0 Å². The minimum Gasteiger partial charge on any atom is -0.490 e. The smallest absolute Gasteiger partial charge is 0.359 e. The number of hydrogen-bond acceptors (Lipinski definition) is 6. The van der Waals surface area contributed by atoms with E-state index in [-0.39, 0.29) is 0 Å². The first kappa shape index (κ1) is 16.8. The van der Waals surface area contributed by atoms with Crippen LogP contribution in [0.4, 0.5) is 0 Å². The van der Waals surface area contributed by atoms with Gasteiger partial charge in [-0.1, -0.05) is 46.8 Å². The van der Waals surface area contributed by atoms with E-state index < -0.39 is 11.7 Å². The third kappa shape index (κ3) is 4.07. The number of rotatable bonds is 7. The highest BCUT2D eigenvalue weighted by Gasteiger charge is 2.16. The van der Waals surface area contributed by atoms with Gasteiger partial charge in [-0.2, -0.15) is 0 Å². The summed E-state index contributed by atoms with van der Waals surface area (Å²) in [5, 5.41) is 23.2. The zero-order chi connectivity index (χ0) is 17.6. The first-order valence-electron chi connectivity index (χ1n) is 7.47. The molecule has 6 nitrogen and oxygen atoms in total. The number of carboxylic acids is 1. The Morgan fingerprint density at radius 3 is 2.52 bits per heavy atom. The van der Waals surface area contributed by atoms with E-state index >= 15 is 0 Å². The molecular formula is C18H15NO5S. The first-order chi connectivity index (χ1) is 12.2. The van der Waals surface area contributed by atoms with Gasteiger partial charge in [0.2, 0.25) is 5.71 Å². The molecule has 0 saturated heterocycles. The molecule has 7 heteroatoms. The number of oxime groups is 1. The molecule has 0 unspecified atom stereocenters. The summed E-state index contributed by atoms with van der Waals surface area (Å²) in [6.45, 7) is 0.664. The van der Waals surface area contributed by atoms with E-state index in [1.165, 1.54) is 6.07 Å². The summed E-state index contributed by atoms with van der Waals surface area (Å²) in [4.78, 5) is 11.2. The quantitative estimate of drug-likeness (QED) is 0.292. The average molecular weight is 357 g/mol. The fourth-order valence-corrected chi connectivity index (χ4v) is 3.14. The van der Waals surface area contributed by atoms with E-state index in [2.05, 4.69) is 5.16 Å². The zero-order valence-electron chi connectivity index (χ0n) is 13.1. The Morgan fingerprint density at radius 2 is 1.76 bits per heavy atom. The van der Waals surface area contributed by atoms with Gasteiger partial charge < -0.3 is 19.8 Å². The summed E-state index contributed by atoms with van der Waals surface area (Å²) in [6, 6.07) is 17.1. The van der Waals surface area contributed by atoms with Crippen LogP contribution in [0.25, 0.3) is 10.8 Å². The van der Waals surface area contributed by atoms with Crippen molar-refractivity contribution >= 4 is 33.8 Å². The fraction of sp³-hybridized carbons (Fsp3) is 0.111. The molecule has 0 aliphatic heterocycles. The fourth-order valence-electron chi connectivity index (χ4n) is 2.28. The van der Waals surface area contributed by atoms with E-state index in [1.54, 1.807) is 6.07 Å². The van der Waals surface area contributed by atoms with Crippen LogP contribution in [0, 0.1) is 0 Å². The summed E-state index contributed by atoms with van der Waals surface area (Å²) in [5.41, 5.74) is -0.410. The van der Waals surface area contributed by atoms with Gasteiger partial charge in [-0.3, -0.25) is 0 Å². The molecule has 0 aliphatic carbocycles. The molecule has 1 heterocycles. The SMILES string of the molecule is O=C(O)C(=NO)c1ccc(OCCOc2ccc3ccccc3c2)s1. The topological polar surface area (TPSA) is 88.4 Å². The molecule has 0 saturated carbocycles. The van der Waals surface area contributed by atoms with Gasteiger partial charge in [0.25, 0.3) is 0 Å². The second kappa shape index (κ2) is 7.67. The third-order valence-corrected chi connectivity index (χ3v) is 4.44. The highest BCUT2D eigenvalue weighted by molar-refractivity contribution is 7.16. The molecule has 0 atom stereocenters. The third-order valence-electron chi connectivity index (χ3n) is 3.43. The lowest BCUT2D eigenvalue weighted by atomic mass is 10.1. The van der Waals surface area contributed by atoms with Crippen LogP contribution in [0.2, 0.25) is 0 Å². The van der Waals surface area contributed by atoms with Crippen molar-refractivity contribution < 1.29 is 24.6 Å². The molecule has 0 amide bonds. The largest absolute Gasteiger partial charge is 0.490 e. The number of benzene rings is 2. The minimum absolute atomic E-state index is 0.311. The summed E-state index contributed by atoms with van der Waals surface area (Å²) in [7, 11) is 0. The maximum atomic E-state index is 10.9. The number of thiophene rings is 1. The maximum Gasteiger partial charge on any atom is 0.359 e. The van der Waals surface area contributed by atoms with Crippen LogP contribution in [-0.4, -0.2) is 35.2 Å². The van der Waals surface area contributed by atoms with Crippen molar-refractivity contribution in [3.8, 4) is 10.8 Å². The zero-order valence-corrected chi connectivity index (χ0v) is 13.9. The summed E-state index contributed by atoms with van der Waals surface area (Å²) in [6.07, 6.45) is 0. The van der Waals surface area contributed by atoms with Gasteiger partial charge in [-0.25, -0.2) is 4.79 Å². The predicted octanol–water partition coefficient (Wildman–Crippen LogP) is 3.62. The Kier molecular flexibility index (Phi) is 5.15.